The summed E-state index contributed by atoms with van der Waals surface area (Å²) in [5.41, 5.74) is 3.54. The fourth-order valence-corrected chi connectivity index (χ4v) is 7.16. The van der Waals surface area contributed by atoms with E-state index in [9.17, 15) is 9.90 Å². The number of carbonyl (C=O) groups excluding carboxylic acids is 1. The molecule has 0 saturated heterocycles. The largest absolute Gasteiger partial charge is 0.393 e. The molecule has 4 nitrogen and oxygen atoms in total. The standard InChI is InChI=1S/C24H32N2O2/c1-23-8-6-18(27)12-17(23)4-5-19-20(23)7-9-24(2)21(19)11-16(22(24)28)10-15-13-25-26(3)14-15/h4,10,13-14,18-21,27H,5-9,11-12H2,1-3H3/b16-10-/t18-,19+,20-,21-,23+,24-/m1/s1. The van der Waals surface area contributed by atoms with Gasteiger partial charge in [0.2, 0.25) is 0 Å². The van der Waals surface area contributed by atoms with Crippen LogP contribution in [0.3, 0.4) is 0 Å². The van der Waals surface area contributed by atoms with Crippen molar-refractivity contribution in [3.63, 3.8) is 0 Å². The molecular formula is C24H32N2O2. The Morgan fingerprint density at radius 3 is 2.71 bits per heavy atom. The molecule has 150 valence electrons. The van der Waals surface area contributed by atoms with E-state index in [4.69, 9.17) is 0 Å². The first-order valence-corrected chi connectivity index (χ1v) is 10.9. The SMILES string of the molecule is Cn1cc(/C=C2/C[C@@H]3[C@H]4CC=C5C[C@H](O)CC[C@]5(C)[C@@H]4CC[C@@]3(C)C2=O)cn1. The van der Waals surface area contributed by atoms with Gasteiger partial charge in [-0.05, 0) is 79.8 Å². The second kappa shape index (κ2) is 6.16. The maximum absolute atomic E-state index is 13.4. The van der Waals surface area contributed by atoms with Crippen LogP contribution in [-0.4, -0.2) is 26.8 Å². The summed E-state index contributed by atoms with van der Waals surface area (Å²) in [6, 6.07) is 0. The van der Waals surface area contributed by atoms with Crippen LogP contribution in [0, 0.1) is 28.6 Å². The van der Waals surface area contributed by atoms with Gasteiger partial charge in [-0.25, -0.2) is 0 Å². The number of aliphatic hydroxyl groups is 1. The van der Waals surface area contributed by atoms with Crippen LogP contribution in [0.5, 0.6) is 0 Å². The molecule has 3 saturated carbocycles. The van der Waals surface area contributed by atoms with Crippen molar-refractivity contribution < 1.29 is 9.90 Å². The molecular weight excluding hydrogens is 348 g/mol. The third-order valence-electron chi connectivity index (χ3n) is 8.78. The van der Waals surface area contributed by atoms with Gasteiger partial charge in [0.15, 0.2) is 5.78 Å². The first-order valence-electron chi connectivity index (χ1n) is 10.9. The lowest BCUT2D eigenvalue weighted by atomic mass is 9.48. The third kappa shape index (κ3) is 2.53. The number of ketones is 1. The molecule has 4 aliphatic carbocycles. The minimum Gasteiger partial charge on any atom is -0.393 e. The van der Waals surface area contributed by atoms with Crippen LogP contribution in [0.4, 0.5) is 0 Å². The highest BCUT2D eigenvalue weighted by Crippen LogP contribution is 2.64. The zero-order valence-electron chi connectivity index (χ0n) is 17.3. The molecule has 3 fully saturated rings. The van der Waals surface area contributed by atoms with E-state index in [-0.39, 0.29) is 16.9 Å². The van der Waals surface area contributed by atoms with E-state index in [0.29, 0.717) is 23.5 Å². The van der Waals surface area contributed by atoms with Crippen LogP contribution in [0.1, 0.15) is 64.4 Å². The van der Waals surface area contributed by atoms with Gasteiger partial charge in [-0.1, -0.05) is 25.5 Å². The predicted molar refractivity (Wildman–Crippen MR) is 109 cm³/mol. The van der Waals surface area contributed by atoms with Crippen molar-refractivity contribution in [3.8, 4) is 0 Å². The first-order chi connectivity index (χ1) is 13.3. The van der Waals surface area contributed by atoms with E-state index in [2.05, 4.69) is 31.1 Å². The van der Waals surface area contributed by atoms with Crippen molar-refractivity contribution in [1.82, 2.24) is 9.78 Å². The second-order valence-electron chi connectivity index (χ2n) is 10.3. The molecule has 1 aromatic rings. The summed E-state index contributed by atoms with van der Waals surface area (Å²) in [5.74, 6) is 2.07. The highest BCUT2D eigenvalue weighted by atomic mass is 16.3. The smallest absolute Gasteiger partial charge is 0.165 e. The van der Waals surface area contributed by atoms with Crippen molar-refractivity contribution in [2.45, 2.75) is 64.9 Å². The van der Waals surface area contributed by atoms with Gasteiger partial charge in [0, 0.05) is 24.2 Å². The van der Waals surface area contributed by atoms with Crippen LogP contribution < -0.4 is 0 Å². The molecule has 1 aromatic heterocycles. The van der Waals surface area contributed by atoms with Crippen LogP contribution in [0.15, 0.2) is 29.6 Å². The van der Waals surface area contributed by atoms with Gasteiger partial charge in [-0.3, -0.25) is 9.48 Å². The molecule has 28 heavy (non-hydrogen) atoms. The molecule has 4 aliphatic rings. The number of allylic oxidation sites excluding steroid dienone is 2. The molecule has 6 atom stereocenters. The molecule has 1 heterocycles. The quantitative estimate of drug-likeness (QED) is 0.583. The molecule has 5 rings (SSSR count). The monoisotopic (exact) mass is 380 g/mol. The average Bonchev–Trinajstić information content (AvgIpc) is 3.18. The fraction of sp³-hybridized carbons (Fsp3) is 0.667. The number of aryl methyl sites for hydroxylation is 1. The van der Waals surface area contributed by atoms with Gasteiger partial charge in [0.25, 0.3) is 0 Å². The molecule has 0 aromatic carbocycles. The predicted octanol–water partition coefficient (Wildman–Crippen LogP) is 4.31. The number of fused-ring (bicyclic) bond motifs is 5. The lowest BCUT2D eigenvalue weighted by Gasteiger charge is -2.56. The van der Waals surface area contributed by atoms with Gasteiger partial charge in [0.05, 0.1) is 12.3 Å². The third-order valence-corrected chi connectivity index (χ3v) is 8.78. The normalized spacial score (nSPS) is 44.1. The second-order valence-corrected chi connectivity index (χ2v) is 10.3. The highest BCUT2D eigenvalue weighted by Gasteiger charge is 2.59. The summed E-state index contributed by atoms with van der Waals surface area (Å²) in [6.45, 7) is 4.67. The Hall–Kier alpha value is -1.68. The van der Waals surface area contributed by atoms with Gasteiger partial charge in [-0.15, -0.1) is 0 Å². The highest BCUT2D eigenvalue weighted by molar-refractivity contribution is 6.05. The van der Waals surface area contributed by atoms with E-state index in [1.807, 2.05) is 19.4 Å². The molecule has 0 spiro atoms. The van der Waals surface area contributed by atoms with Gasteiger partial charge < -0.3 is 5.11 Å². The van der Waals surface area contributed by atoms with E-state index >= 15 is 0 Å². The minimum absolute atomic E-state index is 0.160. The Labute approximate surface area is 167 Å². The number of hydrogen-bond donors (Lipinski definition) is 1. The Morgan fingerprint density at radius 2 is 1.96 bits per heavy atom. The van der Waals surface area contributed by atoms with Gasteiger partial charge >= 0.3 is 0 Å². The summed E-state index contributed by atoms with van der Waals surface area (Å²) in [7, 11) is 1.91. The zero-order valence-corrected chi connectivity index (χ0v) is 17.3. The number of hydrogen-bond acceptors (Lipinski definition) is 3. The number of nitrogens with zero attached hydrogens (tertiary/aromatic N) is 2. The minimum atomic E-state index is -0.203. The van der Waals surface area contributed by atoms with E-state index in [0.717, 1.165) is 56.1 Å². The van der Waals surface area contributed by atoms with Crippen molar-refractivity contribution in [2.75, 3.05) is 0 Å². The summed E-state index contributed by atoms with van der Waals surface area (Å²) in [5, 5.41) is 14.4. The Bertz CT molecular complexity index is 881. The van der Waals surface area contributed by atoms with E-state index in [1.165, 1.54) is 5.57 Å². The number of carbonyl (C=O) groups is 1. The van der Waals surface area contributed by atoms with E-state index < -0.39 is 0 Å². The number of aliphatic hydroxyl groups excluding tert-OH is 1. The van der Waals surface area contributed by atoms with Crippen LogP contribution >= 0.6 is 0 Å². The Morgan fingerprint density at radius 1 is 1.18 bits per heavy atom. The fourth-order valence-electron chi connectivity index (χ4n) is 7.16. The summed E-state index contributed by atoms with van der Waals surface area (Å²) < 4.78 is 1.79. The molecule has 0 unspecified atom stereocenters. The van der Waals surface area contributed by atoms with Crippen molar-refractivity contribution in [2.24, 2.45) is 35.6 Å². The van der Waals surface area contributed by atoms with Crippen molar-refractivity contribution >= 4 is 11.9 Å². The molecule has 0 radical (unpaired) electrons. The number of rotatable bonds is 1. The summed E-state index contributed by atoms with van der Waals surface area (Å²) in [4.78, 5) is 13.4. The van der Waals surface area contributed by atoms with Crippen LogP contribution in [-0.2, 0) is 11.8 Å². The molecule has 0 bridgehead atoms. The number of aromatic nitrogens is 2. The summed E-state index contributed by atoms with van der Waals surface area (Å²) >= 11 is 0. The maximum Gasteiger partial charge on any atom is 0.165 e. The van der Waals surface area contributed by atoms with Crippen LogP contribution in [0.25, 0.3) is 6.08 Å². The molecule has 0 aliphatic heterocycles. The zero-order chi connectivity index (χ0) is 19.7. The Kier molecular flexibility index (Phi) is 4.04. The van der Waals surface area contributed by atoms with Gasteiger partial charge in [0.1, 0.15) is 0 Å². The molecule has 4 heteroatoms. The molecule has 1 N–H and O–H groups in total. The van der Waals surface area contributed by atoms with Crippen molar-refractivity contribution in [3.05, 3.63) is 35.2 Å². The van der Waals surface area contributed by atoms with Gasteiger partial charge in [-0.2, -0.15) is 5.10 Å². The van der Waals surface area contributed by atoms with Crippen molar-refractivity contribution in [1.29, 1.82) is 0 Å². The Balaban J connectivity index is 1.48. The first kappa shape index (κ1) is 18.4. The van der Waals surface area contributed by atoms with E-state index in [1.54, 1.807) is 4.68 Å². The average molecular weight is 381 g/mol. The van der Waals surface area contributed by atoms with Crippen LogP contribution in [0.2, 0.25) is 0 Å². The lowest BCUT2D eigenvalue weighted by molar-refractivity contribution is -0.130. The molecule has 0 amide bonds. The summed E-state index contributed by atoms with van der Waals surface area (Å²) in [6.07, 6.45) is 15.2. The maximum atomic E-state index is 13.4. The number of Topliss-reactive ketones (excluding diaryl/α,β-unsaturated/α-hetero) is 1. The lowest BCUT2D eigenvalue weighted by Crippen LogP contribution is -2.50. The topological polar surface area (TPSA) is 55.1 Å².